The summed E-state index contributed by atoms with van der Waals surface area (Å²) >= 11 is 0. The summed E-state index contributed by atoms with van der Waals surface area (Å²) in [7, 11) is 0. The highest BCUT2D eigenvalue weighted by Gasteiger charge is 2.47. The molecule has 0 bridgehead atoms. The Kier molecular flexibility index (Phi) is 8.16. The van der Waals surface area contributed by atoms with Gasteiger partial charge in [0.05, 0.1) is 35.5 Å². The van der Waals surface area contributed by atoms with Gasteiger partial charge in [0.25, 0.3) is 5.91 Å². The maximum atomic E-state index is 14.1. The van der Waals surface area contributed by atoms with E-state index < -0.39 is 35.8 Å². The van der Waals surface area contributed by atoms with Crippen LogP contribution in [0.15, 0.2) is 78.5 Å². The van der Waals surface area contributed by atoms with Gasteiger partial charge in [-0.25, -0.2) is 4.79 Å². The summed E-state index contributed by atoms with van der Waals surface area (Å²) in [6.07, 6.45) is -1.11. The van der Waals surface area contributed by atoms with Crippen LogP contribution < -0.4 is 10.6 Å². The molecule has 216 valence electrons. The Labute approximate surface area is 235 Å². The largest absolute Gasteiger partial charge is 0.416 e. The summed E-state index contributed by atoms with van der Waals surface area (Å²) in [6, 6.07) is 11.3. The molecule has 3 heterocycles. The van der Waals surface area contributed by atoms with E-state index in [0.717, 1.165) is 30.5 Å². The number of carbonyl (C=O) groups excluding carboxylic acids is 3. The number of alkyl halides is 3. The average molecular weight is 569 g/mol. The number of carbonyl (C=O) groups is 3. The van der Waals surface area contributed by atoms with Crippen molar-refractivity contribution in [3.63, 3.8) is 0 Å². The van der Waals surface area contributed by atoms with Crippen molar-refractivity contribution in [2.45, 2.75) is 43.6 Å². The lowest BCUT2D eigenvalue weighted by atomic mass is 9.94. The molecule has 0 aromatic heterocycles. The van der Waals surface area contributed by atoms with E-state index in [9.17, 15) is 27.6 Å². The first-order valence-electron chi connectivity index (χ1n) is 13.5. The van der Waals surface area contributed by atoms with E-state index >= 15 is 0 Å². The van der Waals surface area contributed by atoms with Crippen LogP contribution in [0.4, 0.5) is 18.0 Å². The van der Waals surface area contributed by atoms with Gasteiger partial charge in [0.15, 0.2) is 0 Å². The van der Waals surface area contributed by atoms with E-state index in [1.165, 1.54) is 28.0 Å². The van der Waals surface area contributed by atoms with Gasteiger partial charge in [0, 0.05) is 26.1 Å². The standard InChI is InChI=1S/C30H31F3N4O4/c1-2-14-36-24-18-37(23(16-19-7-4-3-5-8-19)27(38)34-17-22-9-6-15-41-22)28(39)25(24)26(35-29(36)40)20-10-12-21(13-11-20)30(31,32)33/h2-5,7-8,10-13,22-23,26H,1,6,9,14-18H2,(H,34,38)(H,35,40). The lowest BCUT2D eigenvalue weighted by molar-refractivity contribution is -0.137. The molecule has 3 aliphatic rings. The zero-order valence-electron chi connectivity index (χ0n) is 22.3. The van der Waals surface area contributed by atoms with E-state index in [2.05, 4.69) is 17.2 Å². The summed E-state index contributed by atoms with van der Waals surface area (Å²) in [6.45, 7) is 4.76. The number of halogens is 3. The summed E-state index contributed by atoms with van der Waals surface area (Å²) < 4.78 is 45.2. The van der Waals surface area contributed by atoms with Crippen molar-refractivity contribution in [1.29, 1.82) is 0 Å². The molecule has 1 fully saturated rings. The number of amides is 4. The third-order valence-corrected chi connectivity index (χ3v) is 7.61. The van der Waals surface area contributed by atoms with Gasteiger partial charge in [0.2, 0.25) is 5.91 Å². The van der Waals surface area contributed by atoms with Crippen LogP contribution in [-0.2, 0) is 26.9 Å². The second-order valence-corrected chi connectivity index (χ2v) is 10.3. The van der Waals surface area contributed by atoms with Gasteiger partial charge in [-0.1, -0.05) is 48.5 Å². The monoisotopic (exact) mass is 568 g/mol. The topological polar surface area (TPSA) is 91.0 Å². The molecule has 2 aromatic carbocycles. The number of ether oxygens (including phenoxy) is 1. The van der Waals surface area contributed by atoms with E-state index in [4.69, 9.17) is 4.74 Å². The minimum atomic E-state index is -4.53. The van der Waals surface area contributed by atoms with Crippen molar-refractivity contribution in [2.75, 3.05) is 26.2 Å². The maximum Gasteiger partial charge on any atom is 0.416 e. The summed E-state index contributed by atoms with van der Waals surface area (Å²) in [5.41, 5.74) is 0.953. The maximum absolute atomic E-state index is 14.1. The number of rotatable bonds is 9. The van der Waals surface area contributed by atoms with Crippen LogP contribution in [0.3, 0.4) is 0 Å². The predicted molar refractivity (Wildman–Crippen MR) is 144 cm³/mol. The molecule has 8 nitrogen and oxygen atoms in total. The first-order valence-corrected chi connectivity index (χ1v) is 13.5. The molecule has 11 heteroatoms. The third kappa shape index (κ3) is 6.00. The minimum Gasteiger partial charge on any atom is -0.376 e. The normalized spacial score (nSPS) is 21.5. The highest BCUT2D eigenvalue weighted by molar-refractivity contribution is 6.03. The van der Waals surface area contributed by atoms with Crippen molar-refractivity contribution in [2.24, 2.45) is 0 Å². The van der Waals surface area contributed by atoms with Gasteiger partial charge in [-0.15, -0.1) is 6.58 Å². The van der Waals surface area contributed by atoms with Gasteiger partial charge < -0.3 is 20.3 Å². The quantitative estimate of drug-likeness (QED) is 0.448. The summed E-state index contributed by atoms with van der Waals surface area (Å²) in [5.74, 6) is -0.814. The fraction of sp³-hybridized carbons (Fsp3) is 0.367. The molecule has 3 aliphatic heterocycles. The van der Waals surface area contributed by atoms with Gasteiger partial charge >= 0.3 is 12.2 Å². The summed E-state index contributed by atoms with van der Waals surface area (Å²) in [5, 5.41) is 5.70. The van der Waals surface area contributed by atoms with Crippen molar-refractivity contribution < 1.29 is 32.3 Å². The van der Waals surface area contributed by atoms with Crippen molar-refractivity contribution >= 4 is 17.8 Å². The highest BCUT2D eigenvalue weighted by Crippen LogP contribution is 2.38. The van der Waals surface area contributed by atoms with Crippen molar-refractivity contribution in [3.8, 4) is 0 Å². The molecular weight excluding hydrogens is 537 g/mol. The number of nitrogens with zero attached hydrogens (tertiary/aromatic N) is 2. The van der Waals surface area contributed by atoms with Crippen LogP contribution in [0.1, 0.15) is 35.6 Å². The molecular formula is C30H31F3N4O4. The second-order valence-electron chi connectivity index (χ2n) is 10.3. The number of urea groups is 1. The number of hydrogen-bond acceptors (Lipinski definition) is 4. The molecule has 0 saturated carbocycles. The average Bonchev–Trinajstić information content (AvgIpc) is 3.60. The van der Waals surface area contributed by atoms with Crippen LogP contribution in [0.25, 0.3) is 0 Å². The molecule has 3 atom stereocenters. The van der Waals surface area contributed by atoms with Crippen molar-refractivity contribution in [3.05, 3.63) is 95.2 Å². The first kappa shape index (κ1) is 28.4. The second kappa shape index (κ2) is 11.8. The first-order chi connectivity index (χ1) is 19.7. The Morgan fingerprint density at radius 3 is 2.51 bits per heavy atom. The lowest BCUT2D eigenvalue weighted by Crippen LogP contribution is -2.51. The van der Waals surface area contributed by atoms with E-state index in [1.54, 1.807) is 0 Å². The van der Waals surface area contributed by atoms with Gasteiger partial charge in [0.1, 0.15) is 6.04 Å². The molecule has 4 amide bonds. The molecule has 5 rings (SSSR count). The smallest absolute Gasteiger partial charge is 0.376 e. The van der Waals surface area contributed by atoms with Crippen LogP contribution in [0.5, 0.6) is 0 Å². The predicted octanol–water partition coefficient (Wildman–Crippen LogP) is 3.96. The summed E-state index contributed by atoms with van der Waals surface area (Å²) in [4.78, 5) is 43.6. The number of nitrogens with one attached hydrogen (secondary N) is 2. The molecule has 2 aromatic rings. The van der Waals surface area contributed by atoms with Crippen molar-refractivity contribution in [1.82, 2.24) is 20.4 Å². The Balaban J connectivity index is 1.47. The Hall–Kier alpha value is -4.12. The minimum absolute atomic E-state index is 0.0165. The van der Waals surface area contributed by atoms with Gasteiger partial charge in [-0.3, -0.25) is 14.5 Å². The molecule has 3 unspecified atom stereocenters. The van der Waals surface area contributed by atoms with Crippen LogP contribution >= 0.6 is 0 Å². The Morgan fingerprint density at radius 1 is 1.15 bits per heavy atom. The molecule has 1 saturated heterocycles. The molecule has 41 heavy (non-hydrogen) atoms. The molecule has 0 aliphatic carbocycles. The van der Waals surface area contributed by atoms with Crippen LogP contribution in [0, 0.1) is 0 Å². The highest BCUT2D eigenvalue weighted by atomic mass is 19.4. The van der Waals surface area contributed by atoms with Crippen LogP contribution in [0.2, 0.25) is 0 Å². The lowest BCUT2D eigenvalue weighted by Gasteiger charge is -2.33. The molecule has 2 N–H and O–H groups in total. The SMILES string of the molecule is C=CCN1C(=O)NC(c2ccc(C(F)(F)F)cc2)C2=C1CN(C(Cc1ccccc1)C(=O)NCC1CCCO1)C2=O. The van der Waals surface area contributed by atoms with Gasteiger partial charge in [-0.2, -0.15) is 13.2 Å². The van der Waals surface area contributed by atoms with Crippen LogP contribution in [-0.4, -0.2) is 66.0 Å². The molecule has 0 spiro atoms. The van der Waals surface area contributed by atoms with Gasteiger partial charge in [-0.05, 0) is 36.1 Å². The van der Waals surface area contributed by atoms with E-state index in [1.807, 2.05) is 30.3 Å². The Bertz CT molecular complexity index is 1340. The number of hydrogen-bond donors (Lipinski definition) is 2. The Morgan fingerprint density at radius 2 is 1.88 bits per heavy atom. The fourth-order valence-corrected chi connectivity index (χ4v) is 5.52. The third-order valence-electron chi connectivity index (χ3n) is 7.61. The van der Waals surface area contributed by atoms with E-state index in [0.29, 0.717) is 24.4 Å². The fourth-order valence-electron chi connectivity index (χ4n) is 5.52. The number of benzene rings is 2. The zero-order valence-corrected chi connectivity index (χ0v) is 22.3. The molecule has 0 radical (unpaired) electrons. The zero-order chi connectivity index (χ0) is 29.1. The van der Waals surface area contributed by atoms with E-state index in [-0.39, 0.29) is 37.1 Å².